The summed E-state index contributed by atoms with van der Waals surface area (Å²) < 4.78 is 46.5. The van der Waals surface area contributed by atoms with Crippen molar-refractivity contribution in [2.75, 3.05) is 26.2 Å². The third kappa shape index (κ3) is 4.05. The summed E-state index contributed by atoms with van der Waals surface area (Å²) in [5, 5.41) is 0. The maximum atomic E-state index is 13.5. The van der Waals surface area contributed by atoms with Crippen molar-refractivity contribution >= 4 is 15.9 Å². The number of morpholine rings is 2. The first-order valence-corrected chi connectivity index (χ1v) is 11.0. The molecule has 2 aromatic carbocycles. The van der Waals surface area contributed by atoms with Gasteiger partial charge in [-0.2, -0.15) is 4.31 Å². The summed E-state index contributed by atoms with van der Waals surface area (Å²) in [4.78, 5) is 14.7. The Bertz CT molecular complexity index is 985. The zero-order valence-corrected chi connectivity index (χ0v) is 16.9. The molecule has 2 aliphatic heterocycles. The monoisotopic (exact) mass is 418 g/mol. The van der Waals surface area contributed by atoms with Gasteiger partial charge in [0.05, 0.1) is 23.0 Å². The van der Waals surface area contributed by atoms with Gasteiger partial charge in [0.2, 0.25) is 15.9 Å². The number of benzene rings is 2. The number of halogens is 1. The normalized spacial score (nSPS) is 23.6. The van der Waals surface area contributed by atoms with Crippen molar-refractivity contribution in [2.24, 2.45) is 0 Å². The summed E-state index contributed by atoms with van der Waals surface area (Å²) in [7, 11) is -3.81. The maximum Gasteiger partial charge on any atom is 0.243 e. The van der Waals surface area contributed by atoms with E-state index < -0.39 is 28.0 Å². The van der Waals surface area contributed by atoms with Gasteiger partial charge in [0, 0.05) is 26.2 Å². The number of ether oxygens (including phenoxy) is 1. The van der Waals surface area contributed by atoms with Crippen molar-refractivity contribution in [3.8, 4) is 0 Å². The average Bonchev–Trinajstić information content (AvgIpc) is 2.72. The molecule has 0 unspecified atom stereocenters. The number of carbonyl (C=O) groups is 1. The molecule has 4 rings (SSSR count). The quantitative estimate of drug-likeness (QED) is 0.764. The van der Waals surface area contributed by atoms with Crippen LogP contribution >= 0.6 is 0 Å². The van der Waals surface area contributed by atoms with Gasteiger partial charge in [-0.15, -0.1) is 0 Å². The van der Waals surface area contributed by atoms with E-state index in [1.165, 1.54) is 22.5 Å². The van der Waals surface area contributed by atoms with Crippen molar-refractivity contribution in [1.82, 2.24) is 9.21 Å². The highest BCUT2D eigenvalue weighted by Gasteiger charge is 2.41. The summed E-state index contributed by atoms with van der Waals surface area (Å²) in [6.45, 7) is 2.82. The molecular weight excluding hydrogens is 395 g/mol. The number of hydrogen-bond acceptors (Lipinski definition) is 4. The Morgan fingerprint density at radius 2 is 1.69 bits per heavy atom. The first kappa shape index (κ1) is 20.0. The van der Waals surface area contributed by atoms with Gasteiger partial charge in [-0.25, -0.2) is 12.8 Å². The number of carbonyl (C=O) groups excluding carboxylic acids is 1. The minimum Gasteiger partial charge on any atom is -0.369 e. The van der Waals surface area contributed by atoms with Crippen LogP contribution in [0.15, 0.2) is 59.5 Å². The summed E-state index contributed by atoms with van der Waals surface area (Å²) in [6.07, 6.45) is -0.810. The van der Waals surface area contributed by atoms with E-state index in [-0.39, 0.29) is 29.8 Å². The SMILES string of the molecule is C[C@H](C(=O)N1C[C@@H]2CN(S(=O)(=O)c3cccc(F)c3)C[C@H](C1)O2)c1ccccc1. The Morgan fingerprint density at radius 3 is 2.31 bits per heavy atom. The first-order valence-electron chi connectivity index (χ1n) is 9.59. The van der Waals surface area contributed by atoms with Crippen molar-refractivity contribution in [3.63, 3.8) is 0 Å². The molecule has 0 N–H and O–H groups in total. The second-order valence-corrected chi connectivity index (χ2v) is 9.47. The molecule has 0 aromatic heterocycles. The van der Waals surface area contributed by atoms with Crippen LogP contribution < -0.4 is 0 Å². The number of nitrogens with zero attached hydrogens (tertiary/aromatic N) is 2. The molecule has 0 aliphatic carbocycles. The van der Waals surface area contributed by atoms with Gasteiger partial charge in [0.1, 0.15) is 5.82 Å². The molecule has 2 bridgehead atoms. The number of hydrogen-bond donors (Lipinski definition) is 0. The highest BCUT2D eigenvalue weighted by Crippen LogP contribution is 2.27. The summed E-state index contributed by atoms with van der Waals surface area (Å²) in [5.74, 6) is -0.857. The van der Waals surface area contributed by atoms with Crippen LogP contribution in [0.3, 0.4) is 0 Å². The molecule has 2 saturated heterocycles. The van der Waals surface area contributed by atoms with Gasteiger partial charge in [0.15, 0.2) is 0 Å². The van der Waals surface area contributed by atoms with Crippen molar-refractivity contribution < 1.29 is 22.3 Å². The minimum absolute atomic E-state index is 0.0101. The van der Waals surface area contributed by atoms with Gasteiger partial charge in [-0.1, -0.05) is 36.4 Å². The van der Waals surface area contributed by atoms with E-state index in [0.29, 0.717) is 13.1 Å². The fourth-order valence-electron chi connectivity index (χ4n) is 3.97. The van der Waals surface area contributed by atoms with Crippen molar-refractivity contribution in [3.05, 3.63) is 66.0 Å². The van der Waals surface area contributed by atoms with Gasteiger partial charge in [-0.3, -0.25) is 4.79 Å². The van der Waals surface area contributed by atoms with E-state index in [9.17, 15) is 17.6 Å². The van der Waals surface area contributed by atoms with Gasteiger partial charge >= 0.3 is 0 Å². The number of amides is 1. The van der Waals surface area contributed by atoms with Crippen molar-refractivity contribution in [1.29, 1.82) is 0 Å². The summed E-state index contributed by atoms with van der Waals surface area (Å²) >= 11 is 0. The van der Waals surface area contributed by atoms with E-state index in [4.69, 9.17) is 4.74 Å². The summed E-state index contributed by atoms with van der Waals surface area (Å²) in [6, 6.07) is 14.6. The molecule has 2 aromatic rings. The highest BCUT2D eigenvalue weighted by molar-refractivity contribution is 7.89. The number of rotatable bonds is 4. The highest BCUT2D eigenvalue weighted by atomic mass is 32.2. The zero-order valence-electron chi connectivity index (χ0n) is 16.1. The molecule has 6 nitrogen and oxygen atoms in total. The molecule has 0 spiro atoms. The predicted octanol–water partition coefficient (Wildman–Crippen LogP) is 2.23. The van der Waals surface area contributed by atoms with Gasteiger partial charge < -0.3 is 9.64 Å². The van der Waals surface area contributed by atoms with Crippen LogP contribution in [0.1, 0.15) is 18.4 Å². The van der Waals surface area contributed by atoms with Gasteiger partial charge in [-0.05, 0) is 30.7 Å². The second kappa shape index (κ2) is 7.85. The molecule has 0 radical (unpaired) electrons. The fourth-order valence-corrected chi connectivity index (χ4v) is 5.50. The third-order valence-corrected chi connectivity index (χ3v) is 7.29. The zero-order chi connectivity index (χ0) is 20.6. The molecule has 3 atom stereocenters. The van der Waals surface area contributed by atoms with E-state index in [0.717, 1.165) is 11.6 Å². The largest absolute Gasteiger partial charge is 0.369 e. The Balaban J connectivity index is 1.47. The van der Waals surface area contributed by atoms with Crippen LogP contribution in [-0.4, -0.2) is 61.9 Å². The Hall–Kier alpha value is -2.29. The molecule has 0 saturated carbocycles. The van der Waals surface area contributed by atoms with Crippen LogP contribution in [0.4, 0.5) is 4.39 Å². The molecule has 2 heterocycles. The third-order valence-electron chi connectivity index (χ3n) is 5.46. The smallest absolute Gasteiger partial charge is 0.243 e. The molecule has 2 aliphatic rings. The van der Waals surface area contributed by atoms with Crippen LogP contribution in [0.5, 0.6) is 0 Å². The molecule has 29 heavy (non-hydrogen) atoms. The topological polar surface area (TPSA) is 66.9 Å². The Morgan fingerprint density at radius 1 is 1.03 bits per heavy atom. The minimum atomic E-state index is -3.81. The fraction of sp³-hybridized carbons (Fsp3) is 0.381. The Labute approximate surface area is 169 Å². The standard InChI is InChI=1S/C21H23FN2O4S/c1-15(16-6-3-2-4-7-16)21(25)23-11-18-13-24(14-19(12-23)28-18)29(26,27)20-9-5-8-17(22)10-20/h2-10,15,18-19H,11-14H2,1H3/t15-,18-,19+/m0/s1. The molecule has 154 valence electrons. The van der Waals surface area contributed by atoms with Crippen molar-refractivity contribution in [2.45, 2.75) is 29.9 Å². The van der Waals surface area contributed by atoms with Gasteiger partial charge in [0.25, 0.3) is 0 Å². The molecule has 1 amide bonds. The average molecular weight is 418 g/mol. The van der Waals surface area contributed by atoms with E-state index in [1.807, 2.05) is 37.3 Å². The summed E-state index contributed by atoms with van der Waals surface area (Å²) in [5.41, 5.74) is 0.949. The van der Waals surface area contributed by atoms with E-state index >= 15 is 0 Å². The van der Waals surface area contributed by atoms with Crippen LogP contribution in [0.25, 0.3) is 0 Å². The molecule has 8 heteroatoms. The van der Waals surface area contributed by atoms with E-state index in [1.54, 1.807) is 4.90 Å². The van der Waals surface area contributed by atoms with Crippen LogP contribution in [0.2, 0.25) is 0 Å². The van der Waals surface area contributed by atoms with E-state index in [2.05, 4.69) is 0 Å². The maximum absolute atomic E-state index is 13.5. The lowest BCUT2D eigenvalue weighted by Crippen LogP contribution is -2.61. The predicted molar refractivity (Wildman–Crippen MR) is 105 cm³/mol. The second-order valence-electron chi connectivity index (χ2n) is 7.54. The Kier molecular flexibility index (Phi) is 5.42. The molecular formula is C21H23FN2O4S. The number of sulfonamides is 1. The first-order chi connectivity index (χ1) is 13.8. The molecule has 2 fully saturated rings. The lowest BCUT2D eigenvalue weighted by molar-refractivity contribution is -0.155. The van der Waals surface area contributed by atoms with Crippen LogP contribution in [0, 0.1) is 5.82 Å². The lowest BCUT2D eigenvalue weighted by atomic mass is 9.98. The number of fused-ring (bicyclic) bond motifs is 2. The lowest BCUT2D eigenvalue weighted by Gasteiger charge is -2.45. The van der Waals surface area contributed by atoms with Crippen LogP contribution in [-0.2, 0) is 19.6 Å².